The predicted octanol–water partition coefficient (Wildman–Crippen LogP) is 3.27. The van der Waals surface area contributed by atoms with Gasteiger partial charge in [-0.2, -0.15) is 5.10 Å². The fraction of sp³-hybridized carbons (Fsp3) is 0.188. The van der Waals surface area contributed by atoms with E-state index in [1.165, 1.54) is 0 Å². The van der Waals surface area contributed by atoms with E-state index in [1.54, 1.807) is 19.5 Å². The number of benzene rings is 1. The lowest BCUT2D eigenvalue weighted by atomic mass is 10.1. The number of nitrogens with zero attached hydrogens (tertiary/aromatic N) is 4. The average molecular weight is 294 g/mol. The summed E-state index contributed by atoms with van der Waals surface area (Å²) in [6.07, 6.45) is 3.58. The van der Waals surface area contributed by atoms with Gasteiger partial charge in [-0.3, -0.25) is 0 Å². The summed E-state index contributed by atoms with van der Waals surface area (Å²) < 4.78 is 12.6. The van der Waals surface area contributed by atoms with Crippen molar-refractivity contribution in [2.24, 2.45) is 0 Å². The number of hydrogen-bond donors (Lipinski definition) is 0. The van der Waals surface area contributed by atoms with Crippen LogP contribution in [0.25, 0.3) is 33.3 Å². The average Bonchev–Trinajstić information content (AvgIpc) is 3.18. The van der Waals surface area contributed by atoms with E-state index in [9.17, 15) is 0 Å². The van der Waals surface area contributed by atoms with Gasteiger partial charge in [0, 0.05) is 18.3 Å². The van der Waals surface area contributed by atoms with Gasteiger partial charge in [-0.25, -0.2) is 9.67 Å². The highest BCUT2D eigenvalue weighted by Gasteiger charge is 2.16. The van der Waals surface area contributed by atoms with Crippen molar-refractivity contribution in [1.29, 1.82) is 0 Å². The molecule has 4 aromatic rings. The zero-order valence-electron chi connectivity index (χ0n) is 12.3. The third-order valence-corrected chi connectivity index (χ3v) is 3.76. The predicted molar refractivity (Wildman–Crippen MR) is 82.8 cm³/mol. The Hall–Kier alpha value is -2.89. The lowest BCUT2D eigenvalue weighted by molar-refractivity contribution is 0.414. The van der Waals surface area contributed by atoms with Crippen molar-refractivity contribution >= 4 is 21.9 Å². The highest BCUT2D eigenvalue weighted by Crippen LogP contribution is 2.32. The van der Waals surface area contributed by atoms with E-state index >= 15 is 0 Å². The van der Waals surface area contributed by atoms with Crippen LogP contribution in [0.15, 0.2) is 41.2 Å². The van der Waals surface area contributed by atoms with Crippen LogP contribution in [0.3, 0.4) is 0 Å². The molecule has 4 rings (SSSR count). The number of rotatable bonds is 3. The number of hydrogen-bond acceptors (Lipinski definition) is 5. The molecule has 3 aromatic heterocycles. The minimum absolute atomic E-state index is 0.705. The largest absolute Gasteiger partial charge is 0.497 e. The molecule has 0 aliphatic rings. The second-order valence-electron chi connectivity index (χ2n) is 4.96. The van der Waals surface area contributed by atoms with Crippen LogP contribution in [-0.4, -0.2) is 27.0 Å². The van der Waals surface area contributed by atoms with E-state index in [4.69, 9.17) is 9.26 Å². The Morgan fingerprint density at radius 3 is 2.68 bits per heavy atom. The van der Waals surface area contributed by atoms with E-state index in [0.29, 0.717) is 5.76 Å². The van der Waals surface area contributed by atoms with E-state index in [0.717, 1.165) is 39.8 Å². The normalized spacial score (nSPS) is 11.4. The summed E-state index contributed by atoms with van der Waals surface area (Å²) in [5, 5.41) is 10.3. The van der Waals surface area contributed by atoms with Crippen LogP contribution in [0.5, 0.6) is 5.75 Å². The quantitative estimate of drug-likeness (QED) is 0.580. The third kappa shape index (κ3) is 1.77. The Kier molecular flexibility index (Phi) is 2.82. The number of aryl methyl sites for hydroxylation is 1. The standard InChI is InChI=1S/C16H14N4O2/c1-3-20-16-13(9-18-20)14-12(8-17-16)15(22-19-14)10-4-6-11(21-2)7-5-10/h4-9H,3H2,1-2H3. The highest BCUT2D eigenvalue weighted by molar-refractivity contribution is 6.05. The summed E-state index contributed by atoms with van der Waals surface area (Å²) in [7, 11) is 1.64. The monoisotopic (exact) mass is 294 g/mol. The molecule has 1 aromatic carbocycles. The van der Waals surface area contributed by atoms with Crippen molar-refractivity contribution < 1.29 is 9.26 Å². The summed E-state index contributed by atoms with van der Waals surface area (Å²) in [4.78, 5) is 4.51. The SMILES string of the molecule is CCn1ncc2c3noc(-c4ccc(OC)cc4)c3cnc21. The summed E-state index contributed by atoms with van der Waals surface area (Å²) in [5.41, 5.74) is 2.55. The van der Waals surface area contributed by atoms with Crippen LogP contribution in [0, 0.1) is 0 Å². The third-order valence-electron chi connectivity index (χ3n) is 3.76. The molecular formula is C16H14N4O2. The molecule has 0 spiro atoms. The van der Waals surface area contributed by atoms with Crippen LogP contribution in [0.1, 0.15) is 6.92 Å². The van der Waals surface area contributed by atoms with Gasteiger partial charge in [0.15, 0.2) is 11.4 Å². The molecule has 6 heteroatoms. The Bertz CT molecular complexity index is 954. The van der Waals surface area contributed by atoms with Crippen molar-refractivity contribution in [3.63, 3.8) is 0 Å². The van der Waals surface area contributed by atoms with Crippen LogP contribution in [0.2, 0.25) is 0 Å². The maximum absolute atomic E-state index is 5.56. The molecule has 0 aliphatic heterocycles. The molecule has 0 amide bonds. The topological polar surface area (TPSA) is 66.0 Å². The fourth-order valence-corrected chi connectivity index (χ4v) is 2.60. The molecule has 0 atom stereocenters. The Morgan fingerprint density at radius 2 is 1.95 bits per heavy atom. The first-order valence-electron chi connectivity index (χ1n) is 7.06. The molecule has 0 unspecified atom stereocenters. The van der Waals surface area contributed by atoms with Crippen LogP contribution in [0.4, 0.5) is 0 Å². The molecule has 0 saturated heterocycles. The molecule has 0 bridgehead atoms. The maximum Gasteiger partial charge on any atom is 0.176 e. The Balaban J connectivity index is 1.92. The first-order valence-corrected chi connectivity index (χ1v) is 7.06. The number of aromatic nitrogens is 4. The number of fused-ring (bicyclic) bond motifs is 3. The number of methoxy groups -OCH3 is 1. The minimum atomic E-state index is 0.705. The molecule has 0 saturated carbocycles. The first-order chi connectivity index (χ1) is 10.8. The summed E-state index contributed by atoms with van der Waals surface area (Å²) in [5.74, 6) is 1.51. The first kappa shape index (κ1) is 12.8. The van der Waals surface area contributed by atoms with Gasteiger partial charge in [0.2, 0.25) is 0 Å². The zero-order valence-corrected chi connectivity index (χ0v) is 12.3. The molecule has 0 fully saturated rings. The molecule has 0 radical (unpaired) electrons. The van der Waals surface area contributed by atoms with Crippen molar-refractivity contribution in [1.82, 2.24) is 19.9 Å². The smallest absolute Gasteiger partial charge is 0.176 e. The second kappa shape index (κ2) is 4.84. The van der Waals surface area contributed by atoms with Gasteiger partial charge < -0.3 is 9.26 Å². The van der Waals surface area contributed by atoms with Gasteiger partial charge in [-0.15, -0.1) is 0 Å². The summed E-state index contributed by atoms with van der Waals surface area (Å²) in [6.45, 7) is 2.80. The Labute approximate surface area is 126 Å². The minimum Gasteiger partial charge on any atom is -0.497 e. The van der Waals surface area contributed by atoms with Crippen molar-refractivity contribution in [3.05, 3.63) is 36.7 Å². The Morgan fingerprint density at radius 1 is 1.14 bits per heavy atom. The molecule has 0 N–H and O–H groups in total. The van der Waals surface area contributed by atoms with Gasteiger partial charge in [0.25, 0.3) is 0 Å². The van der Waals surface area contributed by atoms with Crippen molar-refractivity contribution in [2.75, 3.05) is 7.11 Å². The van der Waals surface area contributed by atoms with Crippen LogP contribution < -0.4 is 4.74 Å². The van der Waals surface area contributed by atoms with E-state index < -0.39 is 0 Å². The number of pyridine rings is 1. The molecular weight excluding hydrogens is 280 g/mol. The van der Waals surface area contributed by atoms with Gasteiger partial charge in [0.1, 0.15) is 11.3 Å². The van der Waals surface area contributed by atoms with Gasteiger partial charge >= 0.3 is 0 Å². The zero-order chi connectivity index (χ0) is 15.1. The molecule has 110 valence electrons. The maximum atomic E-state index is 5.56. The highest BCUT2D eigenvalue weighted by atomic mass is 16.5. The molecule has 22 heavy (non-hydrogen) atoms. The van der Waals surface area contributed by atoms with Gasteiger partial charge in [-0.05, 0) is 31.2 Å². The fourth-order valence-electron chi connectivity index (χ4n) is 2.60. The summed E-state index contributed by atoms with van der Waals surface area (Å²) in [6, 6.07) is 7.67. The van der Waals surface area contributed by atoms with Gasteiger partial charge in [0.05, 0.1) is 24.1 Å². The van der Waals surface area contributed by atoms with E-state index in [2.05, 4.69) is 15.2 Å². The van der Waals surface area contributed by atoms with Crippen molar-refractivity contribution in [3.8, 4) is 17.1 Å². The lowest BCUT2D eigenvalue weighted by Gasteiger charge is -2.01. The molecule has 0 aliphatic carbocycles. The molecule has 3 heterocycles. The van der Waals surface area contributed by atoms with Crippen LogP contribution >= 0.6 is 0 Å². The lowest BCUT2D eigenvalue weighted by Crippen LogP contribution is -1.96. The number of ether oxygens (including phenoxy) is 1. The molecule has 6 nitrogen and oxygen atoms in total. The van der Waals surface area contributed by atoms with E-state index in [1.807, 2.05) is 35.9 Å². The van der Waals surface area contributed by atoms with Crippen LogP contribution in [-0.2, 0) is 6.54 Å². The van der Waals surface area contributed by atoms with E-state index in [-0.39, 0.29) is 0 Å². The van der Waals surface area contributed by atoms with Gasteiger partial charge in [-0.1, -0.05) is 5.16 Å². The van der Waals surface area contributed by atoms with Crippen molar-refractivity contribution in [2.45, 2.75) is 13.5 Å². The summed E-state index contributed by atoms with van der Waals surface area (Å²) >= 11 is 0. The second-order valence-corrected chi connectivity index (χ2v) is 4.96.